The van der Waals surface area contributed by atoms with Crippen LogP contribution < -0.4 is 5.32 Å². The molecule has 25 heavy (non-hydrogen) atoms. The van der Waals surface area contributed by atoms with Crippen LogP contribution in [0.15, 0.2) is 18.6 Å². The zero-order valence-electron chi connectivity index (χ0n) is 14.7. The molecule has 0 unspecified atom stereocenters. The lowest BCUT2D eigenvalue weighted by atomic mass is 9.87. The van der Waals surface area contributed by atoms with Crippen molar-refractivity contribution in [1.82, 2.24) is 25.1 Å². The van der Waals surface area contributed by atoms with E-state index in [4.69, 9.17) is 0 Å². The Morgan fingerprint density at radius 2 is 2.24 bits per heavy atom. The van der Waals surface area contributed by atoms with Gasteiger partial charge >= 0.3 is 0 Å². The van der Waals surface area contributed by atoms with Crippen molar-refractivity contribution in [3.05, 3.63) is 35.5 Å². The van der Waals surface area contributed by atoms with E-state index in [0.717, 1.165) is 24.1 Å². The van der Waals surface area contributed by atoms with Crippen molar-refractivity contribution >= 4 is 5.91 Å². The van der Waals surface area contributed by atoms with E-state index in [1.165, 1.54) is 0 Å². The molecule has 132 valence electrons. The number of amides is 1. The van der Waals surface area contributed by atoms with Gasteiger partial charge in [-0.2, -0.15) is 5.10 Å². The van der Waals surface area contributed by atoms with Crippen LogP contribution in [0.5, 0.6) is 0 Å². The second-order valence-electron chi connectivity index (χ2n) is 8.07. The van der Waals surface area contributed by atoms with Crippen molar-refractivity contribution < 1.29 is 9.90 Å². The largest absolute Gasteiger partial charge is 0.394 e. The smallest absolute Gasteiger partial charge is 0.272 e. The van der Waals surface area contributed by atoms with Crippen molar-refractivity contribution in [2.24, 2.45) is 11.3 Å². The highest BCUT2D eigenvalue weighted by Crippen LogP contribution is 2.57. The summed E-state index contributed by atoms with van der Waals surface area (Å²) < 4.78 is 1.78. The maximum Gasteiger partial charge on any atom is 0.272 e. The summed E-state index contributed by atoms with van der Waals surface area (Å²) in [4.78, 5) is 21.3. The van der Waals surface area contributed by atoms with Gasteiger partial charge < -0.3 is 10.4 Å². The van der Waals surface area contributed by atoms with Crippen molar-refractivity contribution in [2.45, 2.75) is 45.6 Å². The summed E-state index contributed by atoms with van der Waals surface area (Å²) in [5.41, 5.74) is 2.35. The molecule has 0 aliphatic heterocycles. The van der Waals surface area contributed by atoms with Gasteiger partial charge in [0, 0.05) is 23.9 Å². The Hall–Kier alpha value is -2.28. The van der Waals surface area contributed by atoms with Gasteiger partial charge in [-0.3, -0.25) is 9.78 Å². The average Bonchev–Trinajstić information content (AvgIpc) is 3.08. The second-order valence-corrected chi connectivity index (χ2v) is 8.07. The molecule has 0 saturated heterocycles. The minimum absolute atomic E-state index is 0.104. The summed E-state index contributed by atoms with van der Waals surface area (Å²) in [5, 5.41) is 17.1. The van der Waals surface area contributed by atoms with Crippen molar-refractivity contribution in [3.63, 3.8) is 0 Å². The van der Waals surface area contributed by atoms with E-state index in [-0.39, 0.29) is 24.0 Å². The van der Waals surface area contributed by atoms with E-state index in [9.17, 15) is 9.90 Å². The summed E-state index contributed by atoms with van der Waals surface area (Å²) in [7, 11) is 0. The van der Waals surface area contributed by atoms with Gasteiger partial charge in [0.1, 0.15) is 0 Å². The molecule has 2 aromatic rings. The molecule has 0 radical (unpaired) electrons. The molecule has 2 aliphatic carbocycles. The number of rotatable bonds is 4. The minimum atomic E-state index is -0.326. The molecule has 0 aromatic carbocycles. The quantitative estimate of drug-likeness (QED) is 0.878. The van der Waals surface area contributed by atoms with E-state index in [0.29, 0.717) is 23.3 Å². The van der Waals surface area contributed by atoms with Crippen LogP contribution in [0.3, 0.4) is 0 Å². The maximum atomic E-state index is 12.9. The molecular weight excluding hydrogens is 318 g/mol. The van der Waals surface area contributed by atoms with Crippen molar-refractivity contribution in [3.8, 4) is 5.82 Å². The molecule has 1 fully saturated rings. The fourth-order valence-electron chi connectivity index (χ4n) is 3.64. The van der Waals surface area contributed by atoms with Crippen LogP contribution >= 0.6 is 0 Å². The Kier molecular flexibility index (Phi) is 3.64. The van der Waals surface area contributed by atoms with E-state index in [1.807, 2.05) is 20.8 Å². The Morgan fingerprint density at radius 1 is 1.44 bits per heavy atom. The van der Waals surface area contributed by atoms with Crippen molar-refractivity contribution in [1.29, 1.82) is 0 Å². The third kappa shape index (κ3) is 2.72. The Bertz CT molecular complexity index is 809. The number of fused-ring (bicyclic) bond motifs is 3. The molecule has 7 heteroatoms. The first-order valence-corrected chi connectivity index (χ1v) is 8.70. The van der Waals surface area contributed by atoms with Gasteiger partial charge in [-0.15, -0.1) is 0 Å². The molecule has 7 nitrogen and oxygen atoms in total. The van der Waals surface area contributed by atoms with Gasteiger partial charge in [-0.1, -0.05) is 20.8 Å². The van der Waals surface area contributed by atoms with Crippen LogP contribution in [0.25, 0.3) is 5.82 Å². The Labute approximate surface area is 146 Å². The van der Waals surface area contributed by atoms with Gasteiger partial charge in [0.25, 0.3) is 5.91 Å². The first-order valence-electron chi connectivity index (χ1n) is 8.70. The zero-order valence-corrected chi connectivity index (χ0v) is 14.7. The first kappa shape index (κ1) is 16.2. The number of carbonyl (C=O) groups is 1. The number of aromatic nitrogens is 4. The normalized spacial score (nSPS) is 22.2. The number of hydrogen-bond donors (Lipinski definition) is 2. The number of nitrogens with zero attached hydrogens (tertiary/aromatic N) is 4. The lowest BCUT2D eigenvalue weighted by Crippen LogP contribution is -2.46. The highest BCUT2D eigenvalue weighted by Gasteiger charge is 2.50. The SMILES string of the molecule is CC(C)(C)[C@H](CO)NC(=O)c1nn(-c2cnccn2)c2c1C[C@@H]1C[C@H]21. The molecule has 1 amide bonds. The monoisotopic (exact) mass is 341 g/mol. The summed E-state index contributed by atoms with van der Waals surface area (Å²) in [6.45, 7) is 5.87. The predicted molar refractivity (Wildman–Crippen MR) is 91.5 cm³/mol. The second kappa shape index (κ2) is 5.62. The number of nitrogens with one attached hydrogen (secondary N) is 1. The Balaban J connectivity index is 1.70. The fraction of sp³-hybridized carbons (Fsp3) is 0.556. The number of aliphatic hydroxyl groups excluding tert-OH is 1. The van der Waals surface area contributed by atoms with Crippen LogP contribution in [-0.2, 0) is 6.42 Å². The highest BCUT2D eigenvalue weighted by atomic mass is 16.3. The molecule has 2 aromatic heterocycles. The lowest BCUT2D eigenvalue weighted by molar-refractivity contribution is 0.0841. The number of carbonyl (C=O) groups excluding carboxylic acids is 1. The van der Waals surface area contributed by atoms with Crippen LogP contribution in [0, 0.1) is 11.3 Å². The molecule has 0 bridgehead atoms. The predicted octanol–water partition coefficient (Wildman–Crippen LogP) is 1.46. The van der Waals surface area contributed by atoms with E-state index in [1.54, 1.807) is 23.3 Å². The third-order valence-electron chi connectivity index (χ3n) is 5.28. The van der Waals surface area contributed by atoms with E-state index < -0.39 is 0 Å². The van der Waals surface area contributed by atoms with E-state index in [2.05, 4.69) is 20.4 Å². The van der Waals surface area contributed by atoms with Crippen LogP contribution in [0.4, 0.5) is 0 Å². The molecule has 2 aliphatic rings. The molecule has 2 heterocycles. The molecule has 4 rings (SSSR count). The van der Waals surface area contributed by atoms with Gasteiger partial charge in [-0.25, -0.2) is 9.67 Å². The topological polar surface area (TPSA) is 92.9 Å². The maximum absolute atomic E-state index is 12.9. The number of hydrogen-bond acceptors (Lipinski definition) is 5. The lowest BCUT2D eigenvalue weighted by Gasteiger charge is -2.29. The average molecular weight is 341 g/mol. The van der Waals surface area contributed by atoms with Crippen LogP contribution in [-0.4, -0.2) is 43.4 Å². The molecular formula is C18H23N5O2. The van der Waals surface area contributed by atoms with Gasteiger partial charge in [0.2, 0.25) is 0 Å². The summed E-state index contributed by atoms with van der Waals surface area (Å²) >= 11 is 0. The molecule has 0 spiro atoms. The van der Waals surface area contributed by atoms with Gasteiger partial charge in [0.05, 0.1) is 24.5 Å². The first-order chi connectivity index (χ1) is 11.9. The standard InChI is InChI=1S/C18H23N5O2/c1-18(2,3)13(9-24)21-17(25)15-12-7-10-6-11(10)16(12)23(22-15)14-8-19-4-5-20-14/h4-5,8,10-11,13,24H,6-7,9H2,1-3H3,(H,21,25)/t10-,11-,13-/m0/s1. The Morgan fingerprint density at radius 3 is 2.88 bits per heavy atom. The summed E-state index contributed by atoms with van der Waals surface area (Å²) in [5.74, 6) is 1.51. The summed E-state index contributed by atoms with van der Waals surface area (Å²) in [6, 6.07) is -0.326. The van der Waals surface area contributed by atoms with Crippen LogP contribution in [0.1, 0.15) is 54.9 Å². The fourth-order valence-corrected chi connectivity index (χ4v) is 3.64. The highest BCUT2D eigenvalue weighted by molar-refractivity contribution is 5.94. The van der Waals surface area contributed by atoms with E-state index >= 15 is 0 Å². The van der Waals surface area contributed by atoms with Crippen molar-refractivity contribution in [2.75, 3.05) is 6.61 Å². The third-order valence-corrected chi connectivity index (χ3v) is 5.28. The molecule has 1 saturated carbocycles. The minimum Gasteiger partial charge on any atom is -0.394 e. The number of aliphatic hydroxyl groups is 1. The summed E-state index contributed by atoms with van der Waals surface area (Å²) in [6.07, 6.45) is 6.96. The van der Waals surface area contributed by atoms with Gasteiger partial charge in [-0.05, 0) is 24.2 Å². The zero-order chi connectivity index (χ0) is 17.8. The molecule has 3 atom stereocenters. The molecule has 2 N–H and O–H groups in total. The van der Waals surface area contributed by atoms with Crippen LogP contribution in [0.2, 0.25) is 0 Å². The van der Waals surface area contributed by atoms with Gasteiger partial charge in [0.15, 0.2) is 11.5 Å².